The molecule has 1 amide bonds. The van der Waals surface area contributed by atoms with Crippen molar-refractivity contribution in [1.29, 1.82) is 0 Å². The van der Waals surface area contributed by atoms with Crippen molar-refractivity contribution in [3.63, 3.8) is 0 Å². The number of aliphatic hydroxyl groups excluding tert-OH is 1. The Morgan fingerprint density at radius 2 is 2.14 bits per heavy atom. The summed E-state index contributed by atoms with van der Waals surface area (Å²) in [7, 11) is 1.77. The third kappa shape index (κ3) is 3.04. The molecule has 2 aromatic rings. The van der Waals surface area contributed by atoms with Gasteiger partial charge < -0.3 is 10.0 Å². The zero-order valence-corrected chi connectivity index (χ0v) is 12.7. The molecule has 0 aliphatic heterocycles. The minimum atomic E-state index is -0.281. The van der Waals surface area contributed by atoms with Crippen LogP contribution in [0.1, 0.15) is 29.8 Å². The summed E-state index contributed by atoms with van der Waals surface area (Å²) in [5.74, 6) is 0.0965. The summed E-state index contributed by atoms with van der Waals surface area (Å²) in [6.45, 7) is 0.583. The third-order valence-electron chi connectivity index (χ3n) is 4.35. The Balaban J connectivity index is 1.68. The topological polar surface area (TPSA) is 69.2 Å². The first-order chi connectivity index (χ1) is 10.6. The standard InChI is InChI=1S/C17H21N3O2/c1-20(11-13-8-5-9-16(13)21)17(22)15-10-14(18-19-15)12-6-3-2-4-7-12/h2-4,6-7,10,13,16,21H,5,8-9,11H2,1H3,(H,18,19). The molecule has 2 N–H and O–H groups in total. The number of amides is 1. The maximum absolute atomic E-state index is 12.5. The van der Waals surface area contributed by atoms with Crippen molar-refractivity contribution in [2.24, 2.45) is 5.92 Å². The van der Waals surface area contributed by atoms with E-state index in [1.807, 2.05) is 30.3 Å². The highest BCUT2D eigenvalue weighted by atomic mass is 16.3. The van der Waals surface area contributed by atoms with Gasteiger partial charge in [-0.3, -0.25) is 9.89 Å². The van der Waals surface area contributed by atoms with Crippen LogP contribution in [0.3, 0.4) is 0 Å². The lowest BCUT2D eigenvalue weighted by molar-refractivity contribution is 0.0688. The fourth-order valence-electron chi connectivity index (χ4n) is 3.06. The van der Waals surface area contributed by atoms with E-state index in [2.05, 4.69) is 10.2 Å². The first kappa shape index (κ1) is 14.8. The highest BCUT2D eigenvalue weighted by Gasteiger charge is 2.28. The first-order valence-corrected chi connectivity index (χ1v) is 7.69. The van der Waals surface area contributed by atoms with Crippen LogP contribution in [0.2, 0.25) is 0 Å². The van der Waals surface area contributed by atoms with Crippen LogP contribution in [0.4, 0.5) is 0 Å². The molecule has 3 rings (SSSR count). The van der Waals surface area contributed by atoms with Crippen LogP contribution >= 0.6 is 0 Å². The van der Waals surface area contributed by atoms with Crippen molar-refractivity contribution in [2.75, 3.05) is 13.6 Å². The molecular weight excluding hydrogens is 278 g/mol. The quantitative estimate of drug-likeness (QED) is 0.910. The van der Waals surface area contributed by atoms with E-state index in [9.17, 15) is 9.90 Å². The highest BCUT2D eigenvalue weighted by Crippen LogP contribution is 2.26. The summed E-state index contributed by atoms with van der Waals surface area (Å²) >= 11 is 0. The van der Waals surface area contributed by atoms with Crippen molar-refractivity contribution in [2.45, 2.75) is 25.4 Å². The smallest absolute Gasteiger partial charge is 0.271 e. The molecule has 0 saturated heterocycles. The predicted molar refractivity (Wildman–Crippen MR) is 84.3 cm³/mol. The van der Waals surface area contributed by atoms with E-state index in [0.717, 1.165) is 30.5 Å². The second kappa shape index (κ2) is 6.32. The first-order valence-electron chi connectivity index (χ1n) is 7.69. The maximum Gasteiger partial charge on any atom is 0.271 e. The molecule has 1 aromatic carbocycles. The molecule has 2 unspecified atom stereocenters. The molecule has 1 heterocycles. The molecule has 1 aromatic heterocycles. The van der Waals surface area contributed by atoms with Crippen molar-refractivity contribution >= 4 is 5.91 Å². The zero-order chi connectivity index (χ0) is 15.5. The van der Waals surface area contributed by atoms with Crippen LogP contribution < -0.4 is 0 Å². The van der Waals surface area contributed by atoms with Crippen LogP contribution in [0.25, 0.3) is 11.3 Å². The van der Waals surface area contributed by atoms with Gasteiger partial charge in [0.2, 0.25) is 0 Å². The lowest BCUT2D eigenvalue weighted by Gasteiger charge is -2.22. The Labute approximate surface area is 130 Å². The van der Waals surface area contributed by atoms with Gasteiger partial charge in [0.1, 0.15) is 5.69 Å². The van der Waals surface area contributed by atoms with Gasteiger partial charge >= 0.3 is 0 Å². The number of hydrogen-bond acceptors (Lipinski definition) is 3. The minimum absolute atomic E-state index is 0.0891. The fraction of sp³-hybridized carbons (Fsp3) is 0.412. The number of nitrogens with zero attached hydrogens (tertiary/aromatic N) is 2. The summed E-state index contributed by atoms with van der Waals surface area (Å²) in [5, 5.41) is 16.9. The van der Waals surface area contributed by atoms with Crippen LogP contribution in [0.15, 0.2) is 36.4 Å². The molecule has 5 heteroatoms. The van der Waals surface area contributed by atoms with E-state index in [-0.39, 0.29) is 17.9 Å². The van der Waals surface area contributed by atoms with Gasteiger partial charge in [-0.1, -0.05) is 36.8 Å². The molecule has 1 aliphatic rings. The second-order valence-electron chi connectivity index (χ2n) is 5.98. The van der Waals surface area contributed by atoms with Gasteiger partial charge in [-0.2, -0.15) is 5.10 Å². The van der Waals surface area contributed by atoms with Gasteiger partial charge in [0.15, 0.2) is 0 Å². The second-order valence-corrected chi connectivity index (χ2v) is 5.98. The van der Waals surface area contributed by atoms with Gasteiger partial charge in [-0.25, -0.2) is 0 Å². The van der Waals surface area contributed by atoms with E-state index in [0.29, 0.717) is 12.2 Å². The number of hydrogen-bond donors (Lipinski definition) is 2. The zero-order valence-electron chi connectivity index (χ0n) is 12.7. The normalized spacial score (nSPS) is 21.0. The molecule has 116 valence electrons. The molecule has 0 spiro atoms. The number of benzene rings is 1. The Hall–Kier alpha value is -2.14. The Morgan fingerprint density at radius 1 is 1.36 bits per heavy atom. The van der Waals surface area contributed by atoms with E-state index >= 15 is 0 Å². The molecular formula is C17H21N3O2. The van der Waals surface area contributed by atoms with Crippen LogP contribution in [-0.4, -0.2) is 45.8 Å². The van der Waals surface area contributed by atoms with E-state index in [1.165, 1.54) is 0 Å². The molecule has 0 radical (unpaired) electrons. The Bertz CT molecular complexity index is 638. The third-order valence-corrected chi connectivity index (χ3v) is 4.35. The van der Waals surface area contributed by atoms with Crippen LogP contribution in [0, 0.1) is 5.92 Å². The number of nitrogens with one attached hydrogen (secondary N) is 1. The number of aromatic amines is 1. The maximum atomic E-state index is 12.5. The molecule has 2 atom stereocenters. The minimum Gasteiger partial charge on any atom is -0.393 e. The molecule has 5 nitrogen and oxygen atoms in total. The molecule has 1 fully saturated rings. The summed E-state index contributed by atoms with van der Waals surface area (Å²) in [5.41, 5.74) is 2.22. The molecule has 1 aliphatic carbocycles. The Morgan fingerprint density at radius 3 is 2.82 bits per heavy atom. The number of aliphatic hydroxyl groups is 1. The molecule has 0 bridgehead atoms. The lowest BCUT2D eigenvalue weighted by atomic mass is 10.1. The summed E-state index contributed by atoms with van der Waals surface area (Å²) < 4.78 is 0. The van der Waals surface area contributed by atoms with Gasteiger partial charge in [-0.15, -0.1) is 0 Å². The van der Waals surface area contributed by atoms with Crippen molar-refractivity contribution in [1.82, 2.24) is 15.1 Å². The predicted octanol–water partition coefficient (Wildman–Crippen LogP) is 2.31. The largest absolute Gasteiger partial charge is 0.393 e. The lowest BCUT2D eigenvalue weighted by Crippen LogP contribution is -2.34. The van der Waals surface area contributed by atoms with Crippen molar-refractivity contribution in [3.05, 3.63) is 42.1 Å². The van der Waals surface area contributed by atoms with E-state index in [4.69, 9.17) is 0 Å². The number of carbonyl (C=O) groups is 1. The molecule has 22 heavy (non-hydrogen) atoms. The number of rotatable bonds is 4. The number of aromatic nitrogens is 2. The van der Waals surface area contributed by atoms with Crippen LogP contribution in [0.5, 0.6) is 0 Å². The molecule has 1 saturated carbocycles. The van der Waals surface area contributed by atoms with Crippen molar-refractivity contribution in [3.8, 4) is 11.3 Å². The monoisotopic (exact) mass is 299 g/mol. The average molecular weight is 299 g/mol. The summed E-state index contributed by atoms with van der Waals surface area (Å²) in [6.07, 6.45) is 2.58. The van der Waals surface area contributed by atoms with Gasteiger partial charge in [0.25, 0.3) is 5.91 Å². The SMILES string of the molecule is CN(CC1CCCC1O)C(=O)c1cc(-c2ccccc2)n[nH]1. The number of H-pyrrole nitrogens is 1. The Kier molecular flexibility index (Phi) is 4.24. The van der Waals surface area contributed by atoms with Gasteiger partial charge in [-0.05, 0) is 18.9 Å². The van der Waals surface area contributed by atoms with Gasteiger partial charge in [0.05, 0.1) is 11.8 Å². The van der Waals surface area contributed by atoms with Crippen LogP contribution in [-0.2, 0) is 0 Å². The van der Waals surface area contributed by atoms with E-state index < -0.39 is 0 Å². The summed E-state index contributed by atoms with van der Waals surface area (Å²) in [6, 6.07) is 11.5. The van der Waals surface area contributed by atoms with Crippen molar-refractivity contribution < 1.29 is 9.90 Å². The van der Waals surface area contributed by atoms with Gasteiger partial charge in [0, 0.05) is 25.1 Å². The number of carbonyl (C=O) groups excluding carboxylic acids is 1. The summed E-state index contributed by atoms with van der Waals surface area (Å²) in [4.78, 5) is 14.1. The highest BCUT2D eigenvalue weighted by molar-refractivity contribution is 5.93. The fourth-order valence-corrected chi connectivity index (χ4v) is 3.06. The van der Waals surface area contributed by atoms with E-state index in [1.54, 1.807) is 18.0 Å². The average Bonchev–Trinajstić information content (AvgIpc) is 3.17.